The molecule has 44 heavy (non-hydrogen) atoms. The Labute approximate surface area is 266 Å². The monoisotopic (exact) mass is 597 g/mol. The molecule has 0 amide bonds. The van der Waals surface area contributed by atoms with Crippen molar-refractivity contribution in [2.75, 3.05) is 50.8 Å². The van der Waals surface area contributed by atoms with Gasteiger partial charge in [0.15, 0.2) is 5.90 Å². The van der Waals surface area contributed by atoms with Crippen molar-refractivity contribution in [2.45, 2.75) is 103 Å². The Morgan fingerprint density at radius 1 is 1.00 bits per heavy atom. The lowest BCUT2D eigenvalue weighted by atomic mass is 9.95. The number of aryl methyl sites for hydroxylation is 1. The van der Waals surface area contributed by atoms with E-state index in [2.05, 4.69) is 90.7 Å². The average Bonchev–Trinajstić information content (AvgIpc) is 3.72. The number of benzene rings is 2. The van der Waals surface area contributed by atoms with Crippen LogP contribution in [-0.4, -0.2) is 79.2 Å². The summed E-state index contributed by atoms with van der Waals surface area (Å²) >= 11 is 0. The molecule has 0 saturated carbocycles. The van der Waals surface area contributed by atoms with Crippen molar-refractivity contribution < 1.29 is 4.74 Å². The molecule has 0 spiro atoms. The molecule has 5 aliphatic heterocycles. The molecule has 6 heteroatoms. The molecule has 6 nitrogen and oxygen atoms in total. The molecule has 7 rings (SSSR count). The smallest absolute Gasteiger partial charge is 0.186 e. The van der Waals surface area contributed by atoms with E-state index in [0.717, 1.165) is 57.3 Å². The molecule has 238 valence electrons. The van der Waals surface area contributed by atoms with Gasteiger partial charge in [0.1, 0.15) is 12.4 Å². The Bertz CT molecular complexity index is 1370. The maximum absolute atomic E-state index is 6.50. The van der Waals surface area contributed by atoms with Crippen LogP contribution in [0.1, 0.15) is 84.6 Å². The molecular formula is C38H55N5O. The summed E-state index contributed by atoms with van der Waals surface area (Å²) in [6.45, 7) is 20.3. The minimum atomic E-state index is 0.239. The van der Waals surface area contributed by atoms with Gasteiger partial charge in [0.05, 0.1) is 5.54 Å². The number of fused-ring (bicyclic) bond motifs is 4. The molecule has 5 heterocycles. The Morgan fingerprint density at radius 3 is 2.34 bits per heavy atom. The second-order valence-electron chi connectivity index (χ2n) is 13.8. The molecule has 2 aromatic carbocycles. The average molecular weight is 598 g/mol. The van der Waals surface area contributed by atoms with Gasteiger partial charge in [-0.25, -0.2) is 4.99 Å². The van der Waals surface area contributed by atoms with Crippen LogP contribution in [0.5, 0.6) is 0 Å². The van der Waals surface area contributed by atoms with Crippen molar-refractivity contribution in [3.63, 3.8) is 0 Å². The van der Waals surface area contributed by atoms with E-state index in [9.17, 15) is 0 Å². The second-order valence-corrected chi connectivity index (χ2v) is 13.8. The molecule has 2 bridgehead atoms. The highest BCUT2D eigenvalue weighted by atomic mass is 16.5. The largest absolute Gasteiger partial charge is 0.479 e. The highest BCUT2D eigenvalue weighted by Crippen LogP contribution is 2.39. The van der Waals surface area contributed by atoms with Gasteiger partial charge in [-0.15, -0.1) is 0 Å². The lowest BCUT2D eigenvalue weighted by molar-refractivity contribution is 0.106. The summed E-state index contributed by atoms with van der Waals surface area (Å²) < 4.78 is 6.50. The fourth-order valence-corrected chi connectivity index (χ4v) is 8.44. The standard InChI is InChI=1S/C35H47N5O.C3H8/c1-4-27-9-5-10-28-11-6-12-32(33(27)28)38-20-15-31(25(2)21-38)34(39-22-29-13-14-30(23-39)37-29)36-26(3)41-24-35-16-7-18-40(35)19-8-17-35;1-3-2/h5-6,9-12,29-30,37H,2,4,7-8,13-24H2,1,3H3;3H2,1-2H3/b34-31+,36-26+;. The maximum atomic E-state index is 6.50. The first kappa shape index (κ1) is 31.2. The Hall–Kier alpha value is -2.83. The fraction of sp³-hybridized carbons (Fsp3) is 0.605. The molecule has 0 aromatic heterocycles. The Balaban J connectivity index is 0.00000110. The first-order chi connectivity index (χ1) is 21.4. The SMILES string of the molecule is C=C1CN(c2cccc3cccc(CC)c23)CC/C1=C(/N=C(\C)OCC12CCCN1CCC2)N1CC2CCC(C1)N2.CCC. The summed E-state index contributed by atoms with van der Waals surface area (Å²) in [5.74, 6) is 1.92. The van der Waals surface area contributed by atoms with Gasteiger partial charge in [-0.1, -0.05) is 64.1 Å². The zero-order chi connectivity index (χ0) is 30.7. The number of anilines is 1. The van der Waals surface area contributed by atoms with E-state index in [1.165, 1.54) is 91.2 Å². The number of piperazine rings is 1. The number of nitrogens with one attached hydrogen (secondary N) is 1. The summed E-state index contributed by atoms with van der Waals surface area (Å²) in [6.07, 6.45) is 10.9. The van der Waals surface area contributed by atoms with Crippen LogP contribution >= 0.6 is 0 Å². The van der Waals surface area contributed by atoms with E-state index in [0.29, 0.717) is 12.1 Å². The van der Waals surface area contributed by atoms with E-state index in [4.69, 9.17) is 9.73 Å². The van der Waals surface area contributed by atoms with E-state index in [-0.39, 0.29) is 5.54 Å². The van der Waals surface area contributed by atoms with Crippen molar-refractivity contribution in [2.24, 2.45) is 4.99 Å². The van der Waals surface area contributed by atoms with Crippen molar-refractivity contribution in [1.29, 1.82) is 0 Å². The molecule has 2 aromatic rings. The molecule has 1 N–H and O–H groups in total. The molecule has 2 unspecified atom stereocenters. The van der Waals surface area contributed by atoms with Crippen LogP contribution in [-0.2, 0) is 11.2 Å². The van der Waals surface area contributed by atoms with Crippen LogP contribution in [0.3, 0.4) is 0 Å². The maximum Gasteiger partial charge on any atom is 0.186 e. The van der Waals surface area contributed by atoms with Crippen LogP contribution in [0.4, 0.5) is 5.69 Å². The highest BCUT2D eigenvalue weighted by Gasteiger charge is 2.45. The molecule has 0 radical (unpaired) electrons. The van der Waals surface area contributed by atoms with E-state index in [1.54, 1.807) is 0 Å². The number of hydrogen-bond acceptors (Lipinski definition) is 6. The third-order valence-corrected chi connectivity index (χ3v) is 10.5. The minimum absolute atomic E-state index is 0.239. The van der Waals surface area contributed by atoms with E-state index in [1.807, 2.05) is 0 Å². The van der Waals surface area contributed by atoms with Crippen LogP contribution in [0, 0.1) is 0 Å². The van der Waals surface area contributed by atoms with Crippen LogP contribution in [0.25, 0.3) is 10.8 Å². The van der Waals surface area contributed by atoms with Gasteiger partial charge in [-0.05, 0) is 87.0 Å². The van der Waals surface area contributed by atoms with Crippen molar-refractivity contribution in [3.05, 3.63) is 65.5 Å². The summed E-state index contributed by atoms with van der Waals surface area (Å²) in [6, 6.07) is 14.6. The van der Waals surface area contributed by atoms with E-state index < -0.39 is 0 Å². The molecule has 5 saturated heterocycles. The summed E-state index contributed by atoms with van der Waals surface area (Å²) in [7, 11) is 0. The minimum Gasteiger partial charge on any atom is -0.479 e. The first-order valence-electron chi connectivity index (χ1n) is 17.6. The predicted molar refractivity (Wildman–Crippen MR) is 186 cm³/mol. The van der Waals surface area contributed by atoms with Gasteiger partial charge in [-0.2, -0.15) is 0 Å². The van der Waals surface area contributed by atoms with Crippen LogP contribution in [0.2, 0.25) is 0 Å². The molecule has 5 aliphatic rings. The Morgan fingerprint density at radius 2 is 1.68 bits per heavy atom. The van der Waals surface area contributed by atoms with Gasteiger partial charge in [0.2, 0.25) is 0 Å². The quantitative estimate of drug-likeness (QED) is 0.280. The number of piperidine rings is 1. The summed E-state index contributed by atoms with van der Waals surface area (Å²) in [5, 5.41) is 6.52. The molecule has 5 fully saturated rings. The normalized spacial score (nSPS) is 26.1. The van der Waals surface area contributed by atoms with Gasteiger partial charge >= 0.3 is 0 Å². The Kier molecular flexibility index (Phi) is 9.68. The lowest BCUT2D eigenvalue weighted by Crippen LogP contribution is -2.51. The number of rotatable bonds is 6. The van der Waals surface area contributed by atoms with Gasteiger partial charge in [0, 0.05) is 61.8 Å². The fourth-order valence-electron chi connectivity index (χ4n) is 8.44. The lowest BCUT2D eigenvalue weighted by Gasteiger charge is -2.39. The number of ether oxygens (including phenoxy) is 1. The third kappa shape index (κ3) is 6.30. The van der Waals surface area contributed by atoms with Crippen LogP contribution < -0.4 is 10.2 Å². The molecule has 0 aliphatic carbocycles. The van der Waals surface area contributed by atoms with Gasteiger partial charge < -0.3 is 19.9 Å². The van der Waals surface area contributed by atoms with E-state index >= 15 is 0 Å². The molecule has 2 atom stereocenters. The van der Waals surface area contributed by atoms with Crippen LogP contribution in [0.15, 0.2) is 64.9 Å². The summed E-state index contributed by atoms with van der Waals surface area (Å²) in [5.41, 5.74) is 5.51. The van der Waals surface area contributed by atoms with Crippen molar-refractivity contribution in [3.8, 4) is 0 Å². The number of aliphatic imine (C=N–C) groups is 1. The zero-order valence-corrected chi connectivity index (χ0v) is 27.8. The van der Waals surface area contributed by atoms with Crippen molar-refractivity contribution >= 4 is 22.4 Å². The summed E-state index contributed by atoms with van der Waals surface area (Å²) in [4.78, 5) is 13.0. The van der Waals surface area contributed by atoms with Gasteiger partial charge in [0.25, 0.3) is 0 Å². The first-order valence-corrected chi connectivity index (χ1v) is 17.6. The van der Waals surface area contributed by atoms with Crippen molar-refractivity contribution in [1.82, 2.24) is 15.1 Å². The molecular weight excluding hydrogens is 542 g/mol. The predicted octanol–water partition coefficient (Wildman–Crippen LogP) is 7.30. The third-order valence-electron chi connectivity index (χ3n) is 10.5. The number of nitrogens with zero attached hydrogens (tertiary/aromatic N) is 4. The number of hydrogen-bond donors (Lipinski definition) is 1. The van der Waals surface area contributed by atoms with Gasteiger partial charge in [-0.3, -0.25) is 4.90 Å². The topological polar surface area (TPSA) is 43.3 Å². The number of likely N-dealkylation sites (tertiary alicyclic amines) is 1. The second kappa shape index (κ2) is 13.7. The highest BCUT2D eigenvalue weighted by molar-refractivity contribution is 5.97. The zero-order valence-electron chi connectivity index (χ0n) is 27.8.